The average molecular weight is 872 g/mol. The van der Waals surface area contributed by atoms with Crippen LogP contribution in [0.5, 0.6) is 5.75 Å². The number of hydrogen-bond donors (Lipinski definition) is 8. The summed E-state index contributed by atoms with van der Waals surface area (Å²) >= 11 is 0. The van der Waals surface area contributed by atoms with Crippen LogP contribution in [0.15, 0.2) is 34.4 Å². The van der Waals surface area contributed by atoms with Crippen molar-refractivity contribution in [3.8, 4) is 5.75 Å². The Hall–Kier alpha value is -5.62. The Morgan fingerprint density at radius 1 is 0.887 bits per heavy atom. The number of aromatic hydroxyl groups is 1. The number of nitrogens with zero attached hydrogens (tertiary/aromatic N) is 6. The second kappa shape index (κ2) is 26.0. The molecular formula is C42H71N12O8+. The van der Waals surface area contributed by atoms with Gasteiger partial charge in [-0.2, -0.15) is 0 Å². The number of phenolic OH excluding ortho intramolecular Hbond substituents is 1. The molecule has 5 amide bonds. The molecule has 0 spiro atoms. The van der Waals surface area contributed by atoms with E-state index in [1.54, 1.807) is 19.1 Å². The fourth-order valence-electron chi connectivity index (χ4n) is 7.19. The number of nitrogens with two attached hydrogens (primary N) is 2. The predicted octanol–water partition coefficient (Wildman–Crippen LogP) is 2.04. The van der Waals surface area contributed by atoms with Gasteiger partial charge < -0.3 is 52.3 Å². The third-order valence-electron chi connectivity index (χ3n) is 10.8. The lowest BCUT2D eigenvalue weighted by Crippen LogP contribution is -2.60. The first-order valence-corrected chi connectivity index (χ1v) is 21.6. The van der Waals surface area contributed by atoms with Gasteiger partial charge in [0.2, 0.25) is 29.5 Å². The molecule has 0 aliphatic carbocycles. The van der Waals surface area contributed by atoms with E-state index in [1.165, 1.54) is 17.0 Å². The van der Waals surface area contributed by atoms with Crippen LogP contribution in [0.3, 0.4) is 0 Å². The van der Waals surface area contributed by atoms with E-state index in [2.05, 4.69) is 57.4 Å². The first kappa shape index (κ1) is 52.5. The van der Waals surface area contributed by atoms with Crippen LogP contribution in [-0.2, 0) is 35.2 Å². The molecule has 10 N–H and O–H groups in total. The monoisotopic (exact) mass is 872 g/mol. The van der Waals surface area contributed by atoms with Crippen molar-refractivity contribution < 1.29 is 43.5 Å². The molecule has 1 aliphatic heterocycles. The van der Waals surface area contributed by atoms with Gasteiger partial charge in [-0.15, -0.1) is 0 Å². The van der Waals surface area contributed by atoms with Crippen LogP contribution < -0.4 is 32.7 Å². The summed E-state index contributed by atoms with van der Waals surface area (Å²) in [5.74, 6) is -5.04. The van der Waals surface area contributed by atoms with Crippen molar-refractivity contribution >= 4 is 41.5 Å². The number of quaternary nitrogens is 1. The third kappa shape index (κ3) is 18.6. The zero-order valence-corrected chi connectivity index (χ0v) is 37.5. The number of rotatable bonds is 27. The summed E-state index contributed by atoms with van der Waals surface area (Å²) in [5, 5.41) is 34.3. The molecule has 0 aromatic heterocycles. The number of carbonyl (C=O) groups is 6. The number of carbonyl (C=O) groups excluding carboxylic acids is 5. The highest BCUT2D eigenvalue weighted by atomic mass is 16.4. The van der Waals surface area contributed by atoms with E-state index in [0.29, 0.717) is 31.2 Å². The normalized spacial score (nSPS) is 16.7. The Morgan fingerprint density at radius 3 is 2.13 bits per heavy atom. The maximum atomic E-state index is 14.3. The Labute approximate surface area is 365 Å². The van der Waals surface area contributed by atoms with Crippen molar-refractivity contribution in [1.29, 1.82) is 0 Å². The lowest BCUT2D eigenvalue weighted by atomic mass is 9.96. The lowest BCUT2D eigenvalue weighted by Gasteiger charge is -2.31. The largest absolute Gasteiger partial charge is 0.508 e. The number of hydrogen-bond acceptors (Lipinski definition) is 9. The van der Waals surface area contributed by atoms with Crippen molar-refractivity contribution in [3.05, 3.63) is 40.3 Å². The molecule has 346 valence electrons. The molecule has 0 bridgehead atoms. The molecule has 1 aromatic rings. The smallest absolute Gasteiger partial charge is 0.326 e. The van der Waals surface area contributed by atoms with Gasteiger partial charge in [0.15, 0.2) is 5.96 Å². The molecule has 1 aliphatic rings. The molecule has 0 radical (unpaired) electrons. The zero-order valence-electron chi connectivity index (χ0n) is 37.5. The molecule has 1 saturated heterocycles. The highest BCUT2D eigenvalue weighted by Gasteiger charge is 2.40. The fraction of sp³-hybridized carbons (Fsp3) is 0.690. The molecule has 62 heavy (non-hydrogen) atoms. The van der Waals surface area contributed by atoms with Gasteiger partial charge in [0.1, 0.15) is 42.0 Å². The molecule has 7 atom stereocenters. The number of carboxylic acids is 1. The highest BCUT2D eigenvalue weighted by Crippen LogP contribution is 2.22. The Kier molecular flexibility index (Phi) is 22.0. The first-order chi connectivity index (χ1) is 29.2. The molecule has 1 aromatic carbocycles. The number of amides is 5. The quantitative estimate of drug-likeness (QED) is 0.0121. The van der Waals surface area contributed by atoms with Gasteiger partial charge in [-0.3, -0.25) is 29.0 Å². The van der Waals surface area contributed by atoms with E-state index in [-0.39, 0.29) is 62.8 Å². The van der Waals surface area contributed by atoms with E-state index in [4.69, 9.17) is 11.5 Å². The van der Waals surface area contributed by atoms with Gasteiger partial charge in [0, 0.05) is 24.4 Å². The summed E-state index contributed by atoms with van der Waals surface area (Å²) < 4.78 is 0.790. The highest BCUT2D eigenvalue weighted by molar-refractivity contribution is 5.97. The van der Waals surface area contributed by atoms with Gasteiger partial charge in [-0.1, -0.05) is 57.8 Å². The van der Waals surface area contributed by atoms with Gasteiger partial charge in [-0.25, -0.2) is 4.79 Å². The molecule has 20 heteroatoms. The van der Waals surface area contributed by atoms with Crippen molar-refractivity contribution in [2.75, 3.05) is 40.8 Å². The van der Waals surface area contributed by atoms with Gasteiger partial charge >= 0.3 is 5.97 Å². The number of nitrogens with one attached hydrogen (secondary N) is 4. The number of phenols is 1. The minimum absolute atomic E-state index is 0.0111. The van der Waals surface area contributed by atoms with Crippen molar-refractivity contribution in [3.63, 3.8) is 0 Å². The van der Waals surface area contributed by atoms with Crippen LogP contribution in [0.1, 0.15) is 97.5 Å². The molecule has 0 unspecified atom stereocenters. The standard InChI is InChI=1S/C42H70N12O8/c1-8-27(4)35(39(59)49-33(41(61)62)24-26(2)3)50-37(57)32(25-28-17-19-29(55)20-18-28)48-38(58)34-16-13-22-53(34)40(60)31(15-12-21-46-42(43)44)47-36(56)30(51-52-45)14-10-9-11-23-54(5,6)7/h17-20,26-27,30-35H,8-16,21-25H2,1-7H3,(H9-,43,44,46,47,48,49,50,55,56,57,58,59,61,62)/p+1/t27-,30-,31+,32+,33+,34+,35+/m0/s1. The molecule has 1 heterocycles. The summed E-state index contributed by atoms with van der Waals surface area (Å²) in [4.78, 5) is 90.0. The van der Waals surface area contributed by atoms with Crippen molar-refractivity contribution in [1.82, 2.24) is 26.2 Å². The predicted molar refractivity (Wildman–Crippen MR) is 235 cm³/mol. The number of aliphatic carboxylic acids is 1. The second-order valence-electron chi connectivity index (χ2n) is 17.6. The Balaban J connectivity index is 2.38. The maximum absolute atomic E-state index is 14.3. The lowest BCUT2D eigenvalue weighted by molar-refractivity contribution is -0.870. The molecular weight excluding hydrogens is 801 g/mol. The minimum Gasteiger partial charge on any atom is -0.508 e. The topological polar surface area (TPSA) is 307 Å². The van der Waals surface area contributed by atoms with Crippen molar-refractivity contribution in [2.24, 2.45) is 33.4 Å². The summed E-state index contributed by atoms with van der Waals surface area (Å²) in [5.41, 5.74) is 20.9. The Morgan fingerprint density at radius 2 is 1.55 bits per heavy atom. The molecule has 0 saturated carbocycles. The van der Waals surface area contributed by atoms with Crippen LogP contribution in [0, 0.1) is 11.8 Å². The summed E-state index contributed by atoms with van der Waals surface area (Å²) in [6, 6.07) is -0.804. The first-order valence-electron chi connectivity index (χ1n) is 21.6. The average Bonchev–Trinajstić information content (AvgIpc) is 3.70. The number of unbranched alkanes of at least 4 members (excludes halogenated alkanes) is 2. The van der Waals surface area contributed by atoms with E-state index >= 15 is 0 Å². The van der Waals surface area contributed by atoms with E-state index < -0.39 is 77.7 Å². The van der Waals surface area contributed by atoms with Crippen molar-refractivity contribution in [2.45, 2.75) is 135 Å². The Bertz CT molecular complexity index is 1720. The molecule has 1 fully saturated rings. The van der Waals surface area contributed by atoms with Gasteiger partial charge in [-0.05, 0) is 86.4 Å². The van der Waals surface area contributed by atoms with Gasteiger partial charge in [0.25, 0.3) is 0 Å². The summed E-state index contributed by atoms with van der Waals surface area (Å²) in [7, 11) is 6.26. The van der Waals surface area contributed by atoms with Crippen LogP contribution in [0.25, 0.3) is 10.4 Å². The van der Waals surface area contributed by atoms with Crippen LogP contribution in [0.4, 0.5) is 0 Å². The SMILES string of the molecule is CC[C@H](C)[C@@H](NC(=O)[C@@H](Cc1ccc(O)cc1)NC(=O)[C@H]1CCCN1C(=O)[C@@H](CCCN=C(N)N)NC(=O)[C@H](CCCCC[N+](C)(C)C)N=[N+]=[N-])C(=O)N[C@H](CC(C)C)C(=O)O. The summed E-state index contributed by atoms with van der Waals surface area (Å²) in [6.07, 6.45) is 4.28. The molecule has 20 nitrogen and oxygen atoms in total. The van der Waals surface area contributed by atoms with Crippen LogP contribution in [0.2, 0.25) is 0 Å². The fourth-order valence-corrected chi connectivity index (χ4v) is 7.19. The van der Waals surface area contributed by atoms with E-state index in [9.17, 15) is 44.5 Å². The number of azide groups is 1. The minimum atomic E-state index is -1.27. The van der Waals surface area contributed by atoms with E-state index in [0.717, 1.165) is 23.9 Å². The number of carboxylic acid groups (broad SMARTS) is 1. The van der Waals surface area contributed by atoms with E-state index in [1.807, 2.05) is 20.8 Å². The summed E-state index contributed by atoms with van der Waals surface area (Å²) in [6.45, 7) is 8.49. The second-order valence-corrected chi connectivity index (χ2v) is 17.6. The molecule has 2 rings (SSSR count). The number of aliphatic imine (C=N–C) groups is 1. The zero-order chi connectivity index (χ0) is 46.6. The van der Waals surface area contributed by atoms with Crippen LogP contribution in [-0.4, -0.2) is 138 Å². The third-order valence-corrected chi connectivity index (χ3v) is 10.8. The number of guanidine groups is 1. The maximum Gasteiger partial charge on any atom is 0.326 e. The number of benzene rings is 1. The van der Waals surface area contributed by atoms with Gasteiger partial charge in [0.05, 0.1) is 27.7 Å². The number of likely N-dealkylation sites (tertiary alicyclic amines) is 1. The van der Waals surface area contributed by atoms with Crippen LogP contribution >= 0.6 is 0 Å².